The van der Waals surface area contributed by atoms with Gasteiger partial charge in [-0.1, -0.05) is 18.2 Å². The highest BCUT2D eigenvalue weighted by Gasteiger charge is 2.27. The van der Waals surface area contributed by atoms with Crippen LogP contribution in [0.3, 0.4) is 0 Å². The first kappa shape index (κ1) is 17.0. The molecular weight excluding hydrogens is 324 g/mol. The van der Waals surface area contributed by atoms with Crippen LogP contribution in [0.2, 0.25) is 0 Å². The minimum absolute atomic E-state index is 0.341. The van der Waals surface area contributed by atoms with E-state index in [9.17, 15) is 5.11 Å². The molecule has 3 aromatic rings. The first-order valence-electron chi connectivity index (χ1n) is 9.49. The molecule has 1 N–H and O–H groups in total. The van der Waals surface area contributed by atoms with Gasteiger partial charge in [0.1, 0.15) is 17.4 Å². The average Bonchev–Trinajstić information content (AvgIpc) is 3.07. The quantitative estimate of drug-likeness (QED) is 0.743. The van der Waals surface area contributed by atoms with Crippen LogP contribution >= 0.6 is 0 Å². The second kappa shape index (κ2) is 7.05. The molecule has 1 aliphatic carbocycles. The molecule has 0 saturated heterocycles. The Hall–Kier alpha value is -2.45. The highest BCUT2D eigenvalue weighted by Crippen LogP contribution is 2.39. The summed E-state index contributed by atoms with van der Waals surface area (Å²) in [5, 5.41) is 20.2. The Balaban J connectivity index is 1.77. The summed E-state index contributed by atoms with van der Waals surface area (Å²) in [5.74, 6) is 1.38. The summed E-state index contributed by atoms with van der Waals surface area (Å²) in [4.78, 5) is 9.24. The third kappa shape index (κ3) is 2.95. The van der Waals surface area contributed by atoms with Gasteiger partial charge in [0, 0.05) is 17.8 Å². The Morgan fingerprint density at radius 3 is 2.73 bits per heavy atom. The van der Waals surface area contributed by atoms with Crippen LogP contribution in [0, 0.1) is 17.2 Å². The number of hydrogen-bond acceptors (Lipinski definition) is 4. The van der Waals surface area contributed by atoms with E-state index < -0.39 is 6.10 Å². The highest BCUT2D eigenvalue weighted by molar-refractivity contribution is 6.02. The van der Waals surface area contributed by atoms with Crippen molar-refractivity contribution in [3.05, 3.63) is 36.3 Å². The Kier molecular flexibility index (Phi) is 4.60. The first-order valence-corrected chi connectivity index (χ1v) is 9.49. The van der Waals surface area contributed by atoms with Crippen LogP contribution in [-0.4, -0.2) is 19.6 Å². The zero-order valence-electron chi connectivity index (χ0n) is 15.1. The van der Waals surface area contributed by atoms with E-state index in [2.05, 4.69) is 21.7 Å². The maximum absolute atomic E-state index is 10.3. The van der Waals surface area contributed by atoms with Crippen LogP contribution in [0.1, 0.15) is 63.4 Å². The fourth-order valence-corrected chi connectivity index (χ4v) is 4.37. The van der Waals surface area contributed by atoms with Gasteiger partial charge in [0.15, 0.2) is 0 Å². The normalized spacial score (nSPS) is 21.7. The number of imidazole rings is 1. The van der Waals surface area contributed by atoms with E-state index in [1.54, 1.807) is 6.92 Å². The lowest BCUT2D eigenvalue weighted by Crippen LogP contribution is -2.20. The van der Waals surface area contributed by atoms with Crippen LogP contribution in [0.25, 0.3) is 21.9 Å². The fourth-order valence-electron chi connectivity index (χ4n) is 4.37. The summed E-state index contributed by atoms with van der Waals surface area (Å²) in [7, 11) is 0. The van der Waals surface area contributed by atoms with E-state index in [0.717, 1.165) is 59.9 Å². The standard InChI is InChI=1S/C21H24N4O/c1-14(26)21-24-19-13-23-18-7-3-2-6-17(18)20(19)25(21)16-10-8-15(9-11-16)5-4-12-22/h2-3,6-7,13-16,26H,4-5,8-11H2,1H3/t14-,15?,16?/m1/s1. The molecule has 5 nitrogen and oxygen atoms in total. The van der Waals surface area contributed by atoms with E-state index in [4.69, 9.17) is 10.2 Å². The summed E-state index contributed by atoms with van der Waals surface area (Å²) < 4.78 is 2.27. The van der Waals surface area contributed by atoms with Crippen molar-refractivity contribution in [3.63, 3.8) is 0 Å². The molecule has 0 amide bonds. The second-order valence-corrected chi connectivity index (χ2v) is 7.40. The van der Waals surface area contributed by atoms with E-state index in [1.165, 1.54) is 0 Å². The number of aliphatic hydroxyl groups excluding tert-OH is 1. The smallest absolute Gasteiger partial charge is 0.138 e. The molecule has 2 heterocycles. The van der Waals surface area contributed by atoms with Gasteiger partial charge in [-0.25, -0.2) is 4.98 Å². The number of aliphatic hydroxyl groups is 1. The molecule has 0 spiro atoms. The third-order valence-electron chi connectivity index (χ3n) is 5.67. The molecule has 1 atom stereocenters. The van der Waals surface area contributed by atoms with Crippen molar-refractivity contribution in [3.8, 4) is 6.07 Å². The molecule has 1 saturated carbocycles. The van der Waals surface area contributed by atoms with E-state index in [0.29, 0.717) is 18.4 Å². The molecule has 0 radical (unpaired) electrons. The van der Waals surface area contributed by atoms with Gasteiger partial charge in [0.25, 0.3) is 0 Å². The molecule has 5 heteroatoms. The van der Waals surface area contributed by atoms with E-state index in [-0.39, 0.29) is 0 Å². The number of nitriles is 1. The molecule has 26 heavy (non-hydrogen) atoms. The molecule has 2 aromatic heterocycles. The van der Waals surface area contributed by atoms with Crippen molar-refractivity contribution >= 4 is 21.9 Å². The van der Waals surface area contributed by atoms with Crippen molar-refractivity contribution in [2.45, 2.75) is 57.6 Å². The lowest BCUT2D eigenvalue weighted by molar-refractivity contribution is 0.174. The van der Waals surface area contributed by atoms with Gasteiger partial charge in [0.05, 0.1) is 23.3 Å². The Bertz CT molecular complexity index is 961. The third-order valence-corrected chi connectivity index (χ3v) is 5.67. The maximum atomic E-state index is 10.3. The highest BCUT2D eigenvalue weighted by atomic mass is 16.3. The minimum Gasteiger partial charge on any atom is -0.385 e. The van der Waals surface area contributed by atoms with Crippen LogP contribution in [0.4, 0.5) is 0 Å². The number of nitrogens with zero attached hydrogens (tertiary/aromatic N) is 4. The summed E-state index contributed by atoms with van der Waals surface area (Å²) in [6.07, 6.45) is 7.26. The molecule has 1 aromatic carbocycles. The number of fused-ring (bicyclic) bond motifs is 3. The fraction of sp³-hybridized carbons (Fsp3) is 0.476. The van der Waals surface area contributed by atoms with Gasteiger partial charge in [-0.15, -0.1) is 0 Å². The SMILES string of the molecule is C[C@@H](O)c1nc2cnc3ccccc3c2n1C1CCC(CCC#N)CC1. The van der Waals surface area contributed by atoms with Crippen molar-refractivity contribution in [1.82, 2.24) is 14.5 Å². The predicted molar refractivity (Wildman–Crippen MR) is 102 cm³/mol. The van der Waals surface area contributed by atoms with Gasteiger partial charge >= 0.3 is 0 Å². The number of pyridine rings is 1. The van der Waals surface area contributed by atoms with Crippen LogP contribution in [-0.2, 0) is 0 Å². The summed E-state index contributed by atoms with van der Waals surface area (Å²) in [5.41, 5.74) is 2.90. The Morgan fingerprint density at radius 1 is 1.23 bits per heavy atom. The average molecular weight is 348 g/mol. The number of rotatable bonds is 4. The van der Waals surface area contributed by atoms with Crippen molar-refractivity contribution < 1.29 is 5.11 Å². The van der Waals surface area contributed by atoms with Crippen LogP contribution < -0.4 is 0 Å². The first-order chi connectivity index (χ1) is 12.7. The molecule has 134 valence electrons. The Morgan fingerprint density at radius 2 is 2.00 bits per heavy atom. The van der Waals surface area contributed by atoms with Crippen molar-refractivity contribution in [2.75, 3.05) is 0 Å². The second-order valence-electron chi connectivity index (χ2n) is 7.40. The van der Waals surface area contributed by atoms with Gasteiger partial charge in [-0.3, -0.25) is 4.98 Å². The lowest BCUT2D eigenvalue weighted by atomic mass is 9.83. The van der Waals surface area contributed by atoms with E-state index in [1.807, 2.05) is 24.4 Å². The van der Waals surface area contributed by atoms with Gasteiger partial charge in [0.2, 0.25) is 0 Å². The zero-order valence-corrected chi connectivity index (χ0v) is 15.1. The monoisotopic (exact) mass is 348 g/mol. The topological polar surface area (TPSA) is 74.7 Å². The minimum atomic E-state index is -0.613. The molecule has 0 bridgehead atoms. The van der Waals surface area contributed by atoms with Crippen LogP contribution in [0.15, 0.2) is 30.5 Å². The number of para-hydroxylation sites is 1. The van der Waals surface area contributed by atoms with Crippen molar-refractivity contribution in [2.24, 2.45) is 5.92 Å². The number of benzene rings is 1. The van der Waals surface area contributed by atoms with E-state index >= 15 is 0 Å². The number of hydrogen-bond donors (Lipinski definition) is 1. The lowest BCUT2D eigenvalue weighted by Gasteiger charge is -2.31. The predicted octanol–water partition coefficient (Wildman–Crippen LogP) is 4.67. The molecule has 1 aliphatic rings. The zero-order chi connectivity index (χ0) is 18.1. The number of aromatic nitrogens is 3. The molecule has 1 fully saturated rings. The summed E-state index contributed by atoms with van der Waals surface area (Å²) >= 11 is 0. The van der Waals surface area contributed by atoms with Gasteiger partial charge in [-0.05, 0) is 51.0 Å². The Labute approximate surface area is 153 Å². The largest absolute Gasteiger partial charge is 0.385 e. The van der Waals surface area contributed by atoms with Gasteiger partial charge in [-0.2, -0.15) is 5.26 Å². The molecular formula is C21H24N4O. The maximum Gasteiger partial charge on any atom is 0.138 e. The summed E-state index contributed by atoms with van der Waals surface area (Å²) in [6.45, 7) is 1.78. The van der Waals surface area contributed by atoms with Gasteiger partial charge < -0.3 is 9.67 Å². The molecule has 0 unspecified atom stereocenters. The summed E-state index contributed by atoms with van der Waals surface area (Å²) in [6, 6.07) is 10.7. The van der Waals surface area contributed by atoms with Crippen LogP contribution in [0.5, 0.6) is 0 Å². The molecule has 4 rings (SSSR count). The van der Waals surface area contributed by atoms with Crippen molar-refractivity contribution in [1.29, 1.82) is 5.26 Å². The molecule has 0 aliphatic heterocycles.